The molecule has 1 aromatic rings. The van der Waals surface area contributed by atoms with E-state index in [1.54, 1.807) is 0 Å². The molecule has 1 aromatic carbocycles. The summed E-state index contributed by atoms with van der Waals surface area (Å²) < 4.78 is 5.40. The van der Waals surface area contributed by atoms with Crippen LogP contribution < -0.4 is 4.74 Å². The SMILES string of the molecule is CCOc1ccc([12CH2][Si](C)(C)C)cc1. The molecule has 0 saturated heterocycles. The molecule has 0 saturated carbocycles. The number of ether oxygens (including phenoxy) is 1. The minimum atomic E-state index is -0.975. The van der Waals surface area contributed by atoms with E-state index in [2.05, 4.69) is 43.9 Å². The molecule has 14 heavy (non-hydrogen) atoms. The molecule has 1 nitrogen and oxygen atoms in total. The molecule has 0 atom stereocenters. The minimum Gasteiger partial charge on any atom is -0.494 e. The third kappa shape index (κ3) is 3.96. The van der Waals surface area contributed by atoms with Crippen LogP contribution in [0.4, 0.5) is 0 Å². The van der Waals surface area contributed by atoms with Crippen LogP contribution in [-0.2, 0) is 6.04 Å². The number of hydrogen-bond donors (Lipinski definition) is 0. The molecule has 2 heteroatoms. The normalized spacial score (nSPS) is 11.4. The van der Waals surface area contributed by atoms with Gasteiger partial charge in [-0.15, -0.1) is 0 Å². The lowest BCUT2D eigenvalue weighted by atomic mass is 10.2. The first-order valence-corrected chi connectivity index (χ1v) is 8.94. The van der Waals surface area contributed by atoms with Crippen LogP contribution in [0.15, 0.2) is 24.3 Å². The second-order valence-electron chi connectivity index (χ2n) is 4.81. The first-order valence-electron chi connectivity index (χ1n) is 5.23. The second kappa shape index (κ2) is 4.65. The summed E-state index contributed by atoms with van der Waals surface area (Å²) in [6, 6.07) is 9.75. The molecule has 0 N–H and O–H groups in total. The highest BCUT2D eigenvalue weighted by Gasteiger charge is 2.13. The molecule has 0 radical (unpaired) electrons. The zero-order valence-corrected chi connectivity index (χ0v) is 10.6. The molecule has 0 aliphatic heterocycles. The van der Waals surface area contributed by atoms with Gasteiger partial charge in [0.05, 0.1) is 6.61 Å². The van der Waals surface area contributed by atoms with E-state index in [0.29, 0.717) is 0 Å². The van der Waals surface area contributed by atoms with Gasteiger partial charge in [0.15, 0.2) is 0 Å². The molecule has 0 heterocycles. The van der Waals surface area contributed by atoms with Crippen LogP contribution in [0, 0.1) is 0 Å². The van der Waals surface area contributed by atoms with Crippen molar-refractivity contribution >= 4 is 8.07 Å². The summed E-state index contributed by atoms with van der Waals surface area (Å²) >= 11 is 0. The number of hydrogen-bond acceptors (Lipinski definition) is 1. The minimum absolute atomic E-state index is 0.743. The van der Waals surface area contributed by atoms with Crippen molar-refractivity contribution in [1.29, 1.82) is 0 Å². The lowest BCUT2D eigenvalue weighted by Crippen LogP contribution is -2.23. The van der Waals surface area contributed by atoms with E-state index >= 15 is 0 Å². The molecule has 0 fully saturated rings. The summed E-state index contributed by atoms with van der Waals surface area (Å²) in [6.07, 6.45) is 0. The van der Waals surface area contributed by atoms with Crippen molar-refractivity contribution in [3.05, 3.63) is 29.8 Å². The van der Waals surface area contributed by atoms with Gasteiger partial charge in [0.2, 0.25) is 0 Å². The first kappa shape index (κ1) is 11.3. The molecule has 0 aliphatic rings. The maximum Gasteiger partial charge on any atom is 0.119 e. The van der Waals surface area contributed by atoms with Crippen LogP contribution in [0.1, 0.15) is 12.5 Å². The van der Waals surface area contributed by atoms with Gasteiger partial charge in [0.25, 0.3) is 0 Å². The molecular weight excluding hydrogens is 188 g/mol. The average Bonchev–Trinajstić information content (AvgIpc) is 2.06. The fraction of sp³-hybridized carbons (Fsp3) is 0.500. The van der Waals surface area contributed by atoms with Crippen molar-refractivity contribution in [3.63, 3.8) is 0 Å². The van der Waals surface area contributed by atoms with Crippen LogP contribution in [-0.4, -0.2) is 14.7 Å². The third-order valence-electron chi connectivity index (χ3n) is 1.97. The van der Waals surface area contributed by atoms with Crippen LogP contribution in [0.5, 0.6) is 5.75 Å². The van der Waals surface area contributed by atoms with Crippen LogP contribution >= 0.6 is 0 Å². The second-order valence-corrected chi connectivity index (χ2v) is 10.3. The Morgan fingerprint density at radius 2 is 1.64 bits per heavy atom. The number of benzene rings is 1. The maximum atomic E-state index is 5.40. The Labute approximate surface area is 88.1 Å². The maximum absolute atomic E-state index is 5.40. The smallest absolute Gasteiger partial charge is 0.119 e. The van der Waals surface area contributed by atoms with Gasteiger partial charge in [-0.25, -0.2) is 0 Å². The predicted molar refractivity (Wildman–Crippen MR) is 64.7 cm³/mol. The standard InChI is InChI=1S/C12H20OSi/c1-5-13-12-8-6-11(7-9-12)10-14(2,3)4/h6-9H,5,10H2,1-4H3/i10+0. The van der Waals surface area contributed by atoms with E-state index in [4.69, 9.17) is 4.74 Å². The summed E-state index contributed by atoms with van der Waals surface area (Å²) in [4.78, 5) is 0. The summed E-state index contributed by atoms with van der Waals surface area (Å²) in [5, 5.41) is 0. The molecular formula is C12H20OSi. The number of rotatable bonds is 4. The Morgan fingerprint density at radius 3 is 2.07 bits per heavy atom. The monoisotopic (exact) mass is 208 g/mol. The predicted octanol–water partition coefficient (Wildman–Crippen LogP) is 3.51. The lowest BCUT2D eigenvalue weighted by Gasteiger charge is -2.15. The highest BCUT2D eigenvalue weighted by Crippen LogP contribution is 2.16. The van der Waals surface area contributed by atoms with Crippen molar-refractivity contribution < 1.29 is 4.74 Å². The molecule has 78 valence electrons. The van der Waals surface area contributed by atoms with Crippen LogP contribution in [0.25, 0.3) is 0 Å². The Bertz CT molecular complexity index is 271. The largest absolute Gasteiger partial charge is 0.494 e. The molecule has 0 spiro atoms. The summed E-state index contributed by atoms with van der Waals surface area (Å²) in [5.74, 6) is 0.979. The molecule has 0 unspecified atom stereocenters. The van der Waals surface area contributed by atoms with Gasteiger partial charge in [-0.1, -0.05) is 37.3 Å². The fourth-order valence-corrected chi connectivity index (χ4v) is 2.94. The zero-order chi connectivity index (χ0) is 10.6. The van der Waals surface area contributed by atoms with Crippen molar-refractivity contribution in [2.75, 3.05) is 6.61 Å². The summed E-state index contributed by atoms with van der Waals surface area (Å²) in [7, 11) is -0.975. The Hall–Kier alpha value is -0.763. The van der Waals surface area contributed by atoms with Gasteiger partial charge in [-0.05, 0) is 25.1 Å². The van der Waals surface area contributed by atoms with Gasteiger partial charge in [0.1, 0.15) is 5.75 Å². The van der Waals surface area contributed by atoms with Crippen molar-refractivity contribution in [1.82, 2.24) is 0 Å². The van der Waals surface area contributed by atoms with E-state index in [9.17, 15) is 0 Å². The van der Waals surface area contributed by atoms with Crippen molar-refractivity contribution in [3.8, 4) is 5.75 Å². The van der Waals surface area contributed by atoms with Gasteiger partial charge in [-0.2, -0.15) is 0 Å². The van der Waals surface area contributed by atoms with Crippen LogP contribution in [0.3, 0.4) is 0 Å². The van der Waals surface area contributed by atoms with E-state index in [-0.39, 0.29) is 0 Å². The lowest BCUT2D eigenvalue weighted by molar-refractivity contribution is 0.340. The summed E-state index contributed by atoms with van der Waals surface area (Å²) in [6.45, 7) is 9.93. The molecule has 1 rings (SSSR count). The van der Waals surface area contributed by atoms with E-state index in [0.717, 1.165) is 12.4 Å². The average molecular weight is 208 g/mol. The Balaban J connectivity index is 2.64. The summed E-state index contributed by atoms with van der Waals surface area (Å²) in [5.41, 5.74) is 1.44. The zero-order valence-electron chi connectivity index (χ0n) is 9.63. The van der Waals surface area contributed by atoms with Gasteiger partial charge in [0, 0.05) is 8.07 Å². The van der Waals surface area contributed by atoms with E-state index < -0.39 is 8.07 Å². The fourth-order valence-electron chi connectivity index (χ4n) is 1.48. The highest BCUT2D eigenvalue weighted by atomic mass is 28.3. The van der Waals surface area contributed by atoms with E-state index in [1.165, 1.54) is 11.6 Å². The van der Waals surface area contributed by atoms with E-state index in [1.807, 2.05) is 6.92 Å². The van der Waals surface area contributed by atoms with Crippen LogP contribution in [0.2, 0.25) is 19.6 Å². The molecule has 0 aromatic heterocycles. The first-order chi connectivity index (χ1) is 6.51. The third-order valence-corrected chi connectivity index (χ3v) is 3.44. The highest BCUT2D eigenvalue weighted by molar-refractivity contribution is 6.75. The van der Waals surface area contributed by atoms with Gasteiger partial charge >= 0.3 is 0 Å². The molecule has 0 aliphatic carbocycles. The quantitative estimate of drug-likeness (QED) is 0.688. The Kier molecular flexibility index (Phi) is 3.75. The Morgan fingerprint density at radius 1 is 1.07 bits per heavy atom. The topological polar surface area (TPSA) is 9.23 Å². The van der Waals surface area contributed by atoms with Gasteiger partial charge in [-0.3, -0.25) is 0 Å². The van der Waals surface area contributed by atoms with Gasteiger partial charge < -0.3 is 4.74 Å². The van der Waals surface area contributed by atoms with Crippen molar-refractivity contribution in [2.45, 2.75) is 32.6 Å². The molecule has 0 amide bonds. The van der Waals surface area contributed by atoms with Crippen molar-refractivity contribution in [2.24, 2.45) is 0 Å². The molecule has 0 bridgehead atoms.